The van der Waals surface area contributed by atoms with Crippen LogP contribution in [0.4, 0.5) is 0 Å². The molecule has 2 aromatic heterocycles. The maximum absolute atomic E-state index is 6.23. The fourth-order valence-electron chi connectivity index (χ4n) is 4.57. The summed E-state index contributed by atoms with van der Waals surface area (Å²) in [5, 5.41) is 0. The molecule has 2 aliphatic rings. The molecule has 2 aliphatic heterocycles. The summed E-state index contributed by atoms with van der Waals surface area (Å²) in [7, 11) is 1.77. The predicted octanol–water partition coefficient (Wildman–Crippen LogP) is 4.66. The first-order chi connectivity index (χ1) is 15.7. The van der Waals surface area contributed by atoms with E-state index in [1.807, 2.05) is 54.2 Å². The molecule has 0 bridgehead atoms. The minimum atomic E-state index is 0.512. The largest absolute Gasteiger partial charge is 0.492 e. The van der Waals surface area contributed by atoms with Crippen molar-refractivity contribution in [3.05, 3.63) is 72.3 Å². The third-order valence-electron chi connectivity index (χ3n) is 6.25. The lowest BCUT2D eigenvalue weighted by atomic mass is 10.0. The normalized spacial score (nSPS) is 19.8. The molecule has 0 aliphatic carbocycles. The minimum absolute atomic E-state index is 0.512. The van der Waals surface area contributed by atoms with Crippen LogP contribution in [0.5, 0.6) is 11.5 Å². The number of methoxy groups -OCH3 is 1. The van der Waals surface area contributed by atoms with E-state index in [1.165, 1.54) is 12.8 Å². The minimum Gasteiger partial charge on any atom is -0.492 e. The van der Waals surface area contributed by atoms with Crippen LogP contribution in [0.1, 0.15) is 31.0 Å². The van der Waals surface area contributed by atoms with Crippen molar-refractivity contribution in [2.75, 3.05) is 33.4 Å². The number of hydrogen-bond acceptors (Lipinski definition) is 5. The summed E-state index contributed by atoms with van der Waals surface area (Å²) in [6.07, 6.45) is 10.4. The molecule has 0 unspecified atom stereocenters. The van der Waals surface area contributed by atoms with Crippen LogP contribution in [0.2, 0.25) is 0 Å². The summed E-state index contributed by atoms with van der Waals surface area (Å²) in [6, 6.07) is 12.7. The van der Waals surface area contributed by atoms with Crippen molar-refractivity contribution >= 4 is 16.8 Å². The van der Waals surface area contributed by atoms with Crippen LogP contribution in [0, 0.1) is 0 Å². The topological polar surface area (TPSA) is 48.2 Å². The second-order valence-electron chi connectivity index (χ2n) is 8.26. The number of nitrogens with zero attached hydrogens (tertiary/aromatic N) is 3. The van der Waals surface area contributed by atoms with E-state index < -0.39 is 0 Å². The van der Waals surface area contributed by atoms with Crippen molar-refractivity contribution in [2.24, 2.45) is 0 Å². The van der Waals surface area contributed by atoms with Crippen molar-refractivity contribution in [2.45, 2.75) is 25.8 Å². The monoisotopic (exact) mass is 431 g/mol. The van der Waals surface area contributed by atoms with E-state index >= 15 is 0 Å². The van der Waals surface area contributed by atoms with Crippen LogP contribution in [0.25, 0.3) is 16.8 Å². The van der Waals surface area contributed by atoms with Crippen molar-refractivity contribution in [1.29, 1.82) is 0 Å². The smallest absolute Gasteiger partial charge is 0.153 e. The van der Waals surface area contributed by atoms with Gasteiger partial charge in [-0.1, -0.05) is 6.08 Å². The molecule has 5 rings (SSSR count). The number of fused-ring (bicyclic) bond motifs is 2. The number of ether oxygens (including phenoxy) is 3. The Kier molecular flexibility index (Phi) is 5.97. The van der Waals surface area contributed by atoms with Gasteiger partial charge in [0.05, 0.1) is 12.9 Å². The average molecular weight is 432 g/mol. The summed E-state index contributed by atoms with van der Waals surface area (Å²) >= 11 is 0. The van der Waals surface area contributed by atoms with Gasteiger partial charge in [0.2, 0.25) is 0 Å². The van der Waals surface area contributed by atoms with E-state index in [-0.39, 0.29) is 0 Å². The number of likely N-dealkylation sites (tertiary alicyclic amines) is 1. The Morgan fingerprint density at radius 2 is 2.19 bits per heavy atom. The van der Waals surface area contributed by atoms with Gasteiger partial charge in [-0.25, -0.2) is 4.98 Å². The number of hydrogen-bond donors (Lipinski definition) is 0. The maximum Gasteiger partial charge on any atom is 0.153 e. The molecule has 1 atom stereocenters. The Bertz CT molecular complexity index is 1160. The summed E-state index contributed by atoms with van der Waals surface area (Å²) < 4.78 is 19.7. The van der Waals surface area contributed by atoms with E-state index in [2.05, 4.69) is 28.1 Å². The van der Waals surface area contributed by atoms with Crippen molar-refractivity contribution in [3.63, 3.8) is 0 Å². The third kappa shape index (κ3) is 4.16. The fourth-order valence-corrected chi connectivity index (χ4v) is 4.57. The quantitative estimate of drug-likeness (QED) is 0.545. The van der Waals surface area contributed by atoms with E-state index in [0.29, 0.717) is 12.6 Å². The number of allylic oxidation sites excluding steroid dienone is 3. The fraction of sp³-hybridized carbons (Fsp3) is 0.346. The van der Waals surface area contributed by atoms with E-state index in [9.17, 15) is 0 Å². The summed E-state index contributed by atoms with van der Waals surface area (Å²) in [4.78, 5) is 7.03. The second-order valence-corrected chi connectivity index (χ2v) is 8.26. The molecule has 0 saturated carbocycles. The SMILES string of the molecule is C/C=C1\C=C(c2cc3cccn3cn2)Oc2ccc(OCCN3CCC[C@@H]3COC)cc21. The molecule has 32 heavy (non-hydrogen) atoms. The molecular formula is C26H29N3O3. The zero-order valence-electron chi connectivity index (χ0n) is 18.7. The van der Waals surface area contributed by atoms with Gasteiger partial charge >= 0.3 is 0 Å². The van der Waals surface area contributed by atoms with Crippen LogP contribution >= 0.6 is 0 Å². The molecule has 1 fully saturated rings. The van der Waals surface area contributed by atoms with E-state index in [0.717, 1.165) is 59.3 Å². The Morgan fingerprint density at radius 3 is 3.06 bits per heavy atom. The van der Waals surface area contributed by atoms with Gasteiger partial charge in [-0.2, -0.15) is 0 Å². The van der Waals surface area contributed by atoms with Crippen LogP contribution in [0.3, 0.4) is 0 Å². The summed E-state index contributed by atoms with van der Waals surface area (Å²) in [6.45, 7) is 5.53. The zero-order chi connectivity index (χ0) is 21.9. The average Bonchev–Trinajstić information content (AvgIpc) is 3.47. The van der Waals surface area contributed by atoms with Gasteiger partial charge in [-0.3, -0.25) is 4.90 Å². The number of rotatable bonds is 7. The summed E-state index contributed by atoms with van der Waals surface area (Å²) in [5.74, 6) is 2.43. The van der Waals surface area contributed by atoms with Gasteiger partial charge in [-0.15, -0.1) is 0 Å². The first kappa shape index (κ1) is 20.8. The van der Waals surface area contributed by atoms with E-state index in [4.69, 9.17) is 14.2 Å². The highest BCUT2D eigenvalue weighted by Gasteiger charge is 2.24. The Balaban J connectivity index is 1.29. The molecule has 1 aromatic carbocycles. The second kappa shape index (κ2) is 9.18. The lowest BCUT2D eigenvalue weighted by Crippen LogP contribution is -2.35. The highest BCUT2D eigenvalue weighted by Crippen LogP contribution is 2.38. The molecule has 0 radical (unpaired) electrons. The van der Waals surface area contributed by atoms with E-state index in [1.54, 1.807) is 7.11 Å². The lowest BCUT2D eigenvalue weighted by molar-refractivity contribution is 0.105. The molecule has 166 valence electrons. The first-order valence-electron chi connectivity index (χ1n) is 11.2. The number of benzene rings is 1. The van der Waals surface area contributed by atoms with Crippen molar-refractivity contribution in [3.8, 4) is 11.5 Å². The Labute approximate surface area is 188 Å². The van der Waals surface area contributed by atoms with Crippen LogP contribution in [-0.2, 0) is 4.74 Å². The molecule has 1 saturated heterocycles. The number of aromatic nitrogens is 2. The van der Waals surface area contributed by atoms with Gasteiger partial charge < -0.3 is 18.6 Å². The Morgan fingerprint density at radius 1 is 1.25 bits per heavy atom. The van der Waals surface area contributed by atoms with Gasteiger partial charge in [-0.05, 0) is 74.4 Å². The van der Waals surface area contributed by atoms with Crippen LogP contribution < -0.4 is 9.47 Å². The predicted molar refractivity (Wildman–Crippen MR) is 126 cm³/mol. The zero-order valence-corrected chi connectivity index (χ0v) is 18.7. The highest BCUT2D eigenvalue weighted by atomic mass is 16.5. The Hall–Kier alpha value is -3.09. The molecule has 6 nitrogen and oxygen atoms in total. The van der Waals surface area contributed by atoms with Crippen LogP contribution in [0.15, 0.2) is 61.1 Å². The summed E-state index contributed by atoms with van der Waals surface area (Å²) in [5.41, 5.74) is 4.04. The van der Waals surface area contributed by atoms with Crippen molar-refractivity contribution < 1.29 is 14.2 Å². The van der Waals surface area contributed by atoms with Gasteiger partial charge in [0, 0.05) is 37.0 Å². The molecule has 0 N–H and O–H groups in total. The molecule has 4 heterocycles. The van der Waals surface area contributed by atoms with Crippen molar-refractivity contribution in [1.82, 2.24) is 14.3 Å². The maximum atomic E-state index is 6.23. The molecule has 6 heteroatoms. The molecular weight excluding hydrogens is 402 g/mol. The third-order valence-corrected chi connectivity index (χ3v) is 6.25. The molecule has 0 spiro atoms. The van der Waals surface area contributed by atoms with Gasteiger partial charge in [0.25, 0.3) is 0 Å². The highest BCUT2D eigenvalue weighted by molar-refractivity contribution is 5.88. The first-order valence-corrected chi connectivity index (χ1v) is 11.2. The van der Waals surface area contributed by atoms with Gasteiger partial charge in [0.1, 0.15) is 23.8 Å². The standard InChI is InChI=1S/C26H29N3O3/c1-3-19-14-26(24-15-20-6-4-11-29(20)18-27-24)32-25-9-8-22(16-23(19)25)31-13-12-28-10-5-7-21(28)17-30-2/h3-4,6,8-9,11,14-16,18,21H,5,7,10,12-13,17H2,1-2H3/b19-3+/t21-/m1/s1. The lowest BCUT2D eigenvalue weighted by Gasteiger charge is -2.24. The van der Waals surface area contributed by atoms with Gasteiger partial charge in [0.15, 0.2) is 5.76 Å². The van der Waals surface area contributed by atoms with Crippen LogP contribution in [-0.4, -0.2) is 53.7 Å². The molecule has 3 aromatic rings. The molecule has 0 amide bonds.